The van der Waals surface area contributed by atoms with Gasteiger partial charge >= 0.3 is 0 Å². The number of nitrogens with one attached hydrogen (secondary N) is 3. The Morgan fingerprint density at radius 2 is 1.48 bits per heavy atom. The van der Waals surface area contributed by atoms with Crippen LogP contribution in [-0.2, 0) is 9.59 Å². The van der Waals surface area contributed by atoms with Crippen LogP contribution in [-0.4, -0.2) is 24.3 Å². The smallest absolute Gasteiger partial charge is 0.251 e. The van der Waals surface area contributed by atoms with Gasteiger partial charge in [-0.1, -0.05) is 23.3 Å². The molecule has 0 saturated heterocycles. The molecule has 0 bridgehead atoms. The molecule has 0 aromatic heterocycles. The van der Waals surface area contributed by atoms with Crippen molar-refractivity contribution in [3.63, 3.8) is 0 Å². The minimum atomic E-state index is -0.349. The third-order valence-corrected chi connectivity index (χ3v) is 3.36. The Hall–Kier alpha value is -3.15. The molecule has 3 N–H and O–H groups in total. The number of aryl methyl sites for hydroxylation is 2. The molecule has 0 unspecified atom stereocenters. The number of benzene rings is 2. The standard InChI is InChI=1S/C19H21N3O3/c1-12-7-13(2)9-15(8-12)19(25)20-11-18(24)22-17-6-4-5-16(10-17)21-14(3)23/h4-10H,11H2,1-3H3,(H,20,25)(H,21,23)(H,22,24). The number of hydrogen-bond acceptors (Lipinski definition) is 3. The van der Waals surface area contributed by atoms with Crippen molar-refractivity contribution in [2.24, 2.45) is 0 Å². The Balaban J connectivity index is 1.92. The second-order valence-corrected chi connectivity index (χ2v) is 5.87. The Kier molecular flexibility index (Phi) is 5.89. The van der Waals surface area contributed by atoms with Crippen molar-refractivity contribution < 1.29 is 14.4 Å². The Morgan fingerprint density at radius 1 is 0.880 bits per heavy atom. The molecule has 0 aliphatic rings. The maximum atomic E-state index is 12.1. The lowest BCUT2D eigenvalue weighted by Gasteiger charge is -2.09. The molecule has 6 nitrogen and oxygen atoms in total. The quantitative estimate of drug-likeness (QED) is 0.782. The van der Waals surface area contributed by atoms with Crippen LogP contribution in [0.5, 0.6) is 0 Å². The van der Waals surface area contributed by atoms with Gasteiger partial charge in [0, 0.05) is 23.9 Å². The minimum Gasteiger partial charge on any atom is -0.343 e. The highest BCUT2D eigenvalue weighted by Crippen LogP contribution is 2.15. The summed E-state index contributed by atoms with van der Waals surface area (Å²) in [5.74, 6) is -0.837. The number of hydrogen-bond donors (Lipinski definition) is 3. The first-order valence-electron chi connectivity index (χ1n) is 7.87. The van der Waals surface area contributed by atoms with Crippen molar-refractivity contribution >= 4 is 29.1 Å². The van der Waals surface area contributed by atoms with Crippen molar-refractivity contribution in [3.8, 4) is 0 Å². The molecule has 0 spiro atoms. The second kappa shape index (κ2) is 8.10. The number of anilines is 2. The van der Waals surface area contributed by atoms with E-state index in [1.54, 1.807) is 36.4 Å². The van der Waals surface area contributed by atoms with Gasteiger partial charge < -0.3 is 16.0 Å². The first kappa shape index (κ1) is 18.2. The van der Waals surface area contributed by atoms with E-state index in [0.29, 0.717) is 16.9 Å². The van der Waals surface area contributed by atoms with Crippen molar-refractivity contribution in [3.05, 3.63) is 59.2 Å². The van der Waals surface area contributed by atoms with E-state index in [1.807, 2.05) is 19.9 Å². The first-order chi connectivity index (χ1) is 11.8. The minimum absolute atomic E-state index is 0.143. The van der Waals surface area contributed by atoms with Crippen molar-refractivity contribution in [1.82, 2.24) is 5.32 Å². The van der Waals surface area contributed by atoms with Gasteiger partial charge in [-0.2, -0.15) is 0 Å². The van der Waals surface area contributed by atoms with E-state index < -0.39 is 0 Å². The highest BCUT2D eigenvalue weighted by Gasteiger charge is 2.09. The second-order valence-electron chi connectivity index (χ2n) is 5.87. The highest BCUT2D eigenvalue weighted by atomic mass is 16.2. The zero-order chi connectivity index (χ0) is 18.4. The van der Waals surface area contributed by atoms with E-state index in [1.165, 1.54) is 6.92 Å². The van der Waals surface area contributed by atoms with Gasteiger partial charge in [-0.15, -0.1) is 0 Å². The molecule has 2 aromatic rings. The summed E-state index contributed by atoms with van der Waals surface area (Å²) in [6.07, 6.45) is 0. The number of rotatable bonds is 5. The molecule has 0 fully saturated rings. The zero-order valence-electron chi connectivity index (χ0n) is 14.5. The summed E-state index contributed by atoms with van der Waals surface area (Å²) in [7, 11) is 0. The monoisotopic (exact) mass is 339 g/mol. The van der Waals surface area contributed by atoms with Crippen LogP contribution in [0.2, 0.25) is 0 Å². The van der Waals surface area contributed by atoms with Gasteiger partial charge in [0.25, 0.3) is 5.91 Å². The molecule has 0 aliphatic carbocycles. The van der Waals surface area contributed by atoms with E-state index >= 15 is 0 Å². The molecule has 0 saturated carbocycles. The average Bonchev–Trinajstić information content (AvgIpc) is 2.51. The molecule has 130 valence electrons. The fourth-order valence-corrected chi connectivity index (χ4v) is 2.45. The molecular weight excluding hydrogens is 318 g/mol. The van der Waals surface area contributed by atoms with Crippen LogP contribution < -0.4 is 16.0 Å². The van der Waals surface area contributed by atoms with Crippen molar-refractivity contribution in [1.29, 1.82) is 0 Å². The summed E-state index contributed by atoms with van der Waals surface area (Å²) in [4.78, 5) is 35.2. The predicted octanol–water partition coefficient (Wildman–Crippen LogP) is 2.63. The van der Waals surface area contributed by atoms with Crippen LogP contribution in [0.3, 0.4) is 0 Å². The summed E-state index contributed by atoms with van der Waals surface area (Å²) in [5, 5.41) is 7.92. The van der Waals surface area contributed by atoms with Crippen LogP contribution in [0, 0.1) is 13.8 Å². The van der Waals surface area contributed by atoms with Crippen LogP contribution in [0.1, 0.15) is 28.4 Å². The van der Waals surface area contributed by atoms with Crippen molar-refractivity contribution in [2.75, 3.05) is 17.2 Å². The summed E-state index contributed by atoms with van der Waals surface area (Å²) < 4.78 is 0. The van der Waals surface area contributed by atoms with Crippen LogP contribution >= 0.6 is 0 Å². The first-order valence-corrected chi connectivity index (χ1v) is 7.87. The average molecular weight is 339 g/mol. The summed E-state index contributed by atoms with van der Waals surface area (Å²) in [6, 6.07) is 12.3. The van der Waals surface area contributed by atoms with Gasteiger partial charge in [-0.3, -0.25) is 14.4 Å². The fraction of sp³-hybridized carbons (Fsp3) is 0.211. The molecule has 0 heterocycles. The lowest BCUT2D eigenvalue weighted by molar-refractivity contribution is -0.115. The largest absolute Gasteiger partial charge is 0.343 e. The lowest BCUT2D eigenvalue weighted by atomic mass is 10.1. The molecule has 25 heavy (non-hydrogen) atoms. The van der Waals surface area contributed by atoms with Gasteiger partial charge in [-0.25, -0.2) is 0 Å². The van der Waals surface area contributed by atoms with Gasteiger partial charge in [0.15, 0.2) is 0 Å². The molecule has 6 heteroatoms. The predicted molar refractivity (Wildman–Crippen MR) is 97.6 cm³/mol. The van der Waals surface area contributed by atoms with Crippen LogP contribution in [0.15, 0.2) is 42.5 Å². The lowest BCUT2D eigenvalue weighted by Crippen LogP contribution is -2.32. The van der Waals surface area contributed by atoms with Crippen LogP contribution in [0.4, 0.5) is 11.4 Å². The normalized spacial score (nSPS) is 10.0. The number of carbonyl (C=O) groups is 3. The maximum absolute atomic E-state index is 12.1. The Bertz CT molecular complexity index is 795. The summed E-state index contributed by atoms with van der Waals surface area (Å²) >= 11 is 0. The van der Waals surface area contributed by atoms with E-state index in [9.17, 15) is 14.4 Å². The summed E-state index contributed by atoms with van der Waals surface area (Å²) in [6.45, 7) is 5.10. The molecule has 0 aliphatic heterocycles. The highest BCUT2D eigenvalue weighted by molar-refractivity contribution is 6.00. The van der Waals surface area contributed by atoms with Gasteiger partial charge in [0.05, 0.1) is 6.54 Å². The number of amides is 3. The molecule has 0 radical (unpaired) electrons. The maximum Gasteiger partial charge on any atom is 0.251 e. The number of carbonyl (C=O) groups excluding carboxylic acids is 3. The summed E-state index contributed by atoms with van der Waals surface area (Å²) in [5.41, 5.74) is 3.63. The molecule has 3 amide bonds. The fourth-order valence-electron chi connectivity index (χ4n) is 2.45. The third kappa shape index (κ3) is 5.76. The molecule has 2 rings (SSSR count). The molecular formula is C19H21N3O3. The van der Waals surface area contributed by atoms with Crippen LogP contribution in [0.25, 0.3) is 0 Å². The van der Waals surface area contributed by atoms with Gasteiger partial charge in [0.2, 0.25) is 11.8 Å². The topological polar surface area (TPSA) is 87.3 Å². The Labute approximate surface area is 146 Å². The van der Waals surface area contributed by atoms with Gasteiger partial charge in [-0.05, 0) is 44.2 Å². The molecule has 0 atom stereocenters. The van der Waals surface area contributed by atoms with Gasteiger partial charge in [0.1, 0.15) is 0 Å². The Morgan fingerprint density at radius 3 is 2.08 bits per heavy atom. The van der Waals surface area contributed by atoms with E-state index in [4.69, 9.17) is 0 Å². The van der Waals surface area contributed by atoms with E-state index in [0.717, 1.165) is 11.1 Å². The SMILES string of the molecule is CC(=O)Nc1cccc(NC(=O)CNC(=O)c2cc(C)cc(C)c2)c1. The van der Waals surface area contributed by atoms with E-state index in [2.05, 4.69) is 16.0 Å². The third-order valence-electron chi connectivity index (χ3n) is 3.36. The van der Waals surface area contributed by atoms with Crippen molar-refractivity contribution in [2.45, 2.75) is 20.8 Å². The zero-order valence-corrected chi connectivity index (χ0v) is 14.5. The molecule has 2 aromatic carbocycles. The van der Waals surface area contributed by atoms with E-state index in [-0.39, 0.29) is 24.3 Å².